The van der Waals surface area contributed by atoms with E-state index < -0.39 is 22.4 Å². The molecular formula is C26H22N2O10. The molecule has 0 saturated carbocycles. The maximum absolute atomic E-state index is 11.9. The summed E-state index contributed by atoms with van der Waals surface area (Å²) < 4.78 is 21.1. The van der Waals surface area contributed by atoms with Crippen molar-refractivity contribution in [1.82, 2.24) is 0 Å². The van der Waals surface area contributed by atoms with Crippen LogP contribution in [0, 0.1) is 20.2 Å². The van der Waals surface area contributed by atoms with Crippen LogP contribution in [0.4, 0.5) is 11.4 Å². The van der Waals surface area contributed by atoms with Crippen LogP contribution in [0.15, 0.2) is 59.7 Å². The molecule has 2 aromatic carbocycles. The molecule has 0 amide bonds. The molecule has 0 N–H and O–H groups in total. The lowest BCUT2D eigenvalue weighted by Gasteiger charge is -2.19. The number of non-ortho nitro benzene ring substituents is 2. The fourth-order valence-corrected chi connectivity index (χ4v) is 4.43. The van der Waals surface area contributed by atoms with Crippen LogP contribution in [0.25, 0.3) is 12.2 Å². The number of nitro benzene ring substituents is 2. The monoisotopic (exact) mass is 522 g/mol. The molecule has 4 bridgehead atoms. The van der Waals surface area contributed by atoms with Gasteiger partial charge >= 0.3 is 0 Å². The van der Waals surface area contributed by atoms with Gasteiger partial charge in [0.2, 0.25) is 24.1 Å². The molecule has 4 aliphatic heterocycles. The number of ketones is 2. The molecule has 4 atom stereocenters. The molecule has 4 heterocycles. The largest absolute Gasteiger partial charge is 0.343 e. The average molecular weight is 522 g/mol. The Kier molecular flexibility index (Phi) is 7.20. The van der Waals surface area contributed by atoms with Gasteiger partial charge in [0, 0.05) is 48.3 Å². The number of carbonyl (C=O) groups is 2. The summed E-state index contributed by atoms with van der Waals surface area (Å²) in [6.07, 6.45) is 2.84. The van der Waals surface area contributed by atoms with Crippen molar-refractivity contribution >= 4 is 35.1 Å². The van der Waals surface area contributed by atoms with Crippen LogP contribution in [-0.2, 0) is 28.5 Å². The highest BCUT2D eigenvalue weighted by Crippen LogP contribution is 2.30. The van der Waals surface area contributed by atoms with E-state index in [1.54, 1.807) is 36.4 Å². The zero-order chi connectivity index (χ0) is 26.8. The van der Waals surface area contributed by atoms with E-state index in [1.165, 1.54) is 24.3 Å². The van der Waals surface area contributed by atoms with Crippen molar-refractivity contribution in [1.29, 1.82) is 0 Å². The van der Waals surface area contributed by atoms with Gasteiger partial charge in [0.05, 0.1) is 35.3 Å². The molecule has 0 unspecified atom stereocenters. The Morgan fingerprint density at radius 2 is 1.03 bits per heavy atom. The second-order valence-corrected chi connectivity index (χ2v) is 9.02. The van der Waals surface area contributed by atoms with E-state index in [-0.39, 0.29) is 35.1 Å². The minimum atomic E-state index is -0.775. The Hall–Kier alpha value is -4.10. The molecule has 0 aliphatic carbocycles. The Bertz CT molecular complexity index is 1230. The molecule has 0 spiro atoms. The Morgan fingerprint density at radius 1 is 0.658 bits per heavy atom. The number of benzene rings is 2. The number of Topliss-reactive ketones (excluding diaryl/α,β-unsaturated/α-hetero) is 2. The van der Waals surface area contributed by atoms with Crippen LogP contribution in [-0.4, -0.2) is 59.4 Å². The van der Waals surface area contributed by atoms with Crippen molar-refractivity contribution < 1.29 is 38.4 Å². The number of nitrogens with zero attached hydrogens (tertiary/aromatic N) is 2. The summed E-state index contributed by atoms with van der Waals surface area (Å²) >= 11 is 0. The molecule has 0 radical (unpaired) electrons. The van der Waals surface area contributed by atoms with Gasteiger partial charge in [-0.2, -0.15) is 0 Å². The summed E-state index contributed by atoms with van der Waals surface area (Å²) in [5.74, 6) is -0.320. The number of ether oxygens (including phenoxy) is 4. The normalized spacial score (nSPS) is 27.8. The van der Waals surface area contributed by atoms with E-state index in [1.807, 2.05) is 0 Å². The van der Waals surface area contributed by atoms with E-state index in [0.717, 1.165) is 11.1 Å². The summed E-state index contributed by atoms with van der Waals surface area (Å²) in [6.45, 7) is 0.877. The average Bonchev–Trinajstić information content (AvgIpc) is 3.51. The molecule has 4 saturated heterocycles. The van der Waals surface area contributed by atoms with Crippen LogP contribution in [0.3, 0.4) is 0 Å². The minimum absolute atomic E-state index is 0.0313. The lowest BCUT2D eigenvalue weighted by molar-refractivity contribution is -0.385. The van der Waals surface area contributed by atoms with Gasteiger partial charge in [-0.25, -0.2) is 0 Å². The summed E-state index contributed by atoms with van der Waals surface area (Å²) in [5.41, 5.74) is 2.87. The number of fused-ring (bicyclic) bond motifs is 4. The molecular weight excluding hydrogens is 500 g/mol. The first-order chi connectivity index (χ1) is 18.3. The first-order valence-electron chi connectivity index (χ1n) is 11.8. The van der Waals surface area contributed by atoms with Crippen LogP contribution < -0.4 is 0 Å². The Morgan fingerprint density at radius 3 is 1.37 bits per heavy atom. The zero-order valence-corrected chi connectivity index (χ0v) is 19.9. The van der Waals surface area contributed by atoms with Crippen LogP contribution in [0.5, 0.6) is 0 Å². The fraction of sp³-hybridized carbons (Fsp3) is 0.308. The molecule has 12 heteroatoms. The van der Waals surface area contributed by atoms with E-state index in [2.05, 4.69) is 0 Å². The smallest absolute Gasteiger partial charge is 0.269 e. The Balaban J connectivity index is 0.000000155. The van der Waals surface area contributed by atoms with Crippen molar-refractivity contribution in [2.45, 2.75) is 37.6 Å². The van der Waals surface area contributed by atoms with Gasteiger partial charge < -0.3 is 18.9 Å². The molecule has 4 fully saturated rings. The van der Waals surface area contributed by atoms with Crippen molar-refractivity contribution in [3.05, 3.63) is 91.0 Å². The van der Waals surface area contributed by atoms with Gasteiger partial charge in [-0.05, 0) is 47.5 Å². The third-order valence-electron chi connectivity index (χ3n) is 6.34. The third-order valence-corrected chi connectivity index (χ3v) is 6.34. The second-order valence-electron chi connectivity index (χ2n) is 9.02. The van der Waals surface area contributed by atoms with Crippen LogP contribution in [0.2, 0.25) is 0 Å². The molecule has 0 aromatic heterocycles. The summed E-state index contributed by atoms with van der Waals surface area (Å²) in [7, 11) is 0. The van der Waals surface area contributed by atoms with Gasteiger partial charge in [-0.3, -0.25) is 29.8 Å². The topological polar surface area (TPSA) is 157 Å². The summed E-state index contributed by atoms with van der Waals surface area (Å²) in [5, 5.41) is 21.1. The van der Waals surface area contributed by atoms with E-state index >= 15 is 0 Å². The highest BCUT2D eigenvalue weighted by atomic mass is 16.7. The maximum atomic E-state index is 11.9. The first kappa shape index (κ1) is 25.5. The van der Waals surface area contributed by atoms with E-state index in [9.17, 15) is 29.8 Å². The predicted molar refractivity (Wildman–Crippen MR) is 131 cm³/mol. The third kappa shape index (κ3) is 5.58. The molecule has 38 heavy (non-hydrogen) atoms. The summed E-state index contributed by atoms with van der Waals surface area (Å²) in [4.78, 5) is 44.1. The number of carbonyl (C=O) groups excluding carboxylic acids is 2. The van der Waals surface area contributed by atoms with Gasteiger partial charge in [-0.1, -0.05) is 0 Å². The number of rotatable bonds is 4. The lowest BCUT2D eigenvalue weighted by Crippen LogP contribution is -2.30. The molecule has 12 nitrogen and oxygen atoms in total. The quantitative estimate of drug-likeness (QED) is 0.331. The second kappa shape index (κ2) is 10.7. The van der Waals surface area contributed by atoms with Crippen molar-refractivity contribution in [2.75, 3.05) is 13.2 Å². The first-order valence-corrected chi connectivity index (χ1v) is 11.8. The number of hydrogen-bond donors (Lipinski definition) is 0. The van der Waals surface area contributed by atoms with Crippen molar-refractivity contribution in [3.8, 4) is 0 Å². The Labute approximate surface area is 215 Å². The van der Waals surface area contributed by atoms with Crippen LogP contribution >= 0.6 is 0 Å². The van der Waals surface area contributed by atoms with Gasteiger partial charge in [-0.15, -0.1) is 0 Å². The van der Waals surface area contributed by atoms with Crippen LogP contribution in [0.1, 0.15) is 24.0 Å². The van der Waals surface area contributed by atoms with Gasteiger partial charge in [0.15, 0.2) is 0 Å². The molecule has 4 aliphatic rings. The summed E-state index contributed by atoms with van der Waals surface area (Å²) in [6, 6.07) is 12.2. The number of hydrogen-bond acceptors (Lipinski definition) is 10. The van der Waals surface area contributed by atoms with Gasteiger partial charge in [0.1, 0.15) is 0 Å². The predicted octanol–water partition coefficient (Wildman–Crippen LogP) is 3.39. The van der Waals surface area contributed by atoms with Crippen molar-refractivity contribution in [2.24, 2.45) is 0 Å². The zero-order valence-electron chi connectivity index (χ0n) is 19.9. The highest BCUT2D eigenvalue weighted by molar-refractivity contribution is 6.03. The highest BCUT2D eigenvalue weighted by Gasteiger charge is 2.40. The molecule has 196 valence electrons. The standard InChI is InChI=1S/2C13H11NO5/c2*15-12-9(6-11-7-18-13(12)19-11)5-8-1-3-10(4-2-8)14(16)17/h2*1-5,11,13H,6-7H2/b2*9-5+/t2*11-,13+/m00/s1. The van der Waals surface area contributed by atoms with E-state index in [4.69, 9.17) is 18.9 Å². The molecule has 2 aromatic rings. The number of nitro groups is 2. The fourth-order valence-electron chi connectivity index (χ4n) is 4.43. The molecule has 6 rings (SSSR count). The maximum Gasteiger partial charge on any atom is 0.269 e. The van der Waals surface area contributed by atoms with Crippen molar-refractivity contribution in [3.63, 3.8) is 0 Å². The SMILES string of the molecule is O=C1/C(=C/c2ccc([N+](=O)[O-])cc2)C[C@H]2CO[C@@H]1O2.O=C1/C(=C/c2ccc([N+](=O)[O-])cc2)C[C@H]2CO[C@@H]1O2. The lowest BCUT2D eigenvalue weighted by atomic mass is 9.99. The van der Waals surface area contributed by atoms with E-state index in [0.29, 0.717) is 37.2 Å². The minimum Gasteiger partial charge on any atom is -0.343 e. The van der Waals surface area contributed by atoms with Gasteiger partial charge in [0.25, 0.3) is 11.4 Å².